The van der Waals surface area contributed by atoms with Gasteiger partial charge in [0.2, 0.25) is 0 Å². The number of fused-ring (bicyclic) bond motifs is 2. The number of aromatic nitrogens is 2. The summed E-state index contributed by atoms with van der Waals surface area (Å²) in [6.45, 7) is 0. The van der Waals surface area contributed by atoms with Crippen LogP contribution in [0.3, 0.4) is 0 Å². The minimum atomic E-state index is 0.123. The molecule has 0 saturated heterocycles. The molecule has 2 aromatic rings. The number of hydrogen-bond acceptors (Lipinski definition) is 3. The molecule has 1 aliphatic rings. The largest absolute Gasteiger partial charge is 0.292 e. The van der Waals surface area contributed by atoms with E-state index in [1.54, 1.807) is 0 Å². The van der Waals surface area contributed by atoms with Crippen molar-refractivity contribution in [3.05, 3.63) is 35.7 Å². The molecule has 0 fully saturated rings. The van der Waals surface area contributed by atoms with E-state index in [4.69, 9.17) is 0 Å². The van der Waals surface area contributed by atoms with Crippen LogP contribution in [0.25, 0.3) is 11.0 Å². The highest BCUT2D eigenvalue weighted by Crippen LogP contribution is 2.20. The van der Waals surface area contributed by atoms with Gasteiger partial charge in [0.15, 0.2) is 5.78 Å². The molecule has 0 radical (unpaired) electrons. The van der Waals surface area contributed by atoms with Crippen molar-refractivity contribution < 1.29 is 4.79 Å². The van der Waals surface area contributed by atoms with E-state index in [9.17, 15) is 4.79 Å². The van der Waals surface area contributed by atoms with Crippen molar-refractivity contribution in [3.8, 4) is 0 Å². The van der Waals surface area contributed by atoms with Crippen LogP contribution in [0.1, 0.15) is 22.6 Å². The number of hydrogen-bond donors (Lipinski definition) is 0. The van der Waals surface area contributed by atoms with Gasteiger partial charge in [0, 0.05) is 6.42 Å². The van der Waals surface area contributed by atoms with Gasteiger partial charge in [-0.05, 0) is 18.6 Å². The number of benzene rings is 1. The fourth-order valence-electron chi connectivity index (χ4n) is 1.78. The monoisotopic (exact) mass is 184 g/mol. The van der Waals surface area contributed by atoms with Gasteiger partial charge in [-0.15, -0.1) is 0 Å². The van der Waals surface area contributed by atoms with Crippen molar-refractivity contribution in [2.75, 3.05) is 0 Å². The normalized spacial score (nSPS) is 14.7. The maximum atomic E-state index is 11.4. The van der Waals surface area contributed by atoms with Gasteiger partial charge in [-0.2, -0.15) is 0 Å². The lowest BCUT2D eigenvalue weighted by Gasteiger charge is -1.99. The van der Waals surface area contributed by atoms with Gasteiger partial charge in [-0.3, -0.25) is 4.79 Å². The number of para-hydroxylation sites is 2. The van der Waals surface area contributed by atoms with Crippen molar-refractivity contribution in [3.63, 3.8) is 0 Å². The summed E-state index contributed by atoms with van der Waals surface area (Å²) in [4.78, 5) is 20.2. The van der Waals surface area contributed by atoms with Gasteiger partial charge in [-0.25, -0.2) is 9.97 Å². The lowest BCUT2D eigenvalue weighted by atomic mass is 10.2. The fraction of sp³-hybridized carbons (Fsp3) is 0.182. The smallest absolute Gasteiger partial charge is 0.183 e. The number of ketones is 1. The second-order valence-electron chi connectivity index (χ2n) is 3.43. The molecule has 0 aliphatic heterocycles. The van der Waals surface area contributed by atoms with Gasteiger partial charge < -0.3 is 0 Å². The summed E-state index contributed by atoms with van der Waals surface area (Å²) in [5.74, 6) is 0.123. The molecule has 14 heavy (non-hydrogen) atoms. The van der Waals surface area contributed by atoms with Crippen molar-refractivity contribution >= 4 is 16.8 Å². The Morgan fingerprint density at radius 2 is 1.71 bits per heavy atom. The molecule has 0 unspecified atom stereocenters. The minimum Gasteiger partial charge on any atom is -0.292 e. The molecular weight excluding hydrogens is 176 g/mol. The molecule has 0 N–H and O–H groups in total. The number of nitrogens with zero attached hydrogens (tertiary/aromatic N) is 2. The van der Waals surface area contributed by atoms with Crippen LogP contribution in [-0.4, -0.2) is 15.8 Å². The molecule has 3 nitrogen and oxygen atoms in total. The summed E-state index contributed by atoms with van der Waals surface area (Å²) in [5, 5.41) is 0. The zero-order chi connectivity index (χ0) is 9.54. The van der Waals surface area contributed by atoms with Crippen LogP contribution in [0.15, 0.2) is 24.3 Å². The number of Topliss-reactive ketones (excluding diaryl/α,β-unsaturated/α-hetero) is 1. The van der Waals surface area contributed by atoms with Crippen molar-refractivity contribution in [1.29, 1.82) is 0 Å². The van der Waals surface area contributed by atoms with Crippen LogP contribution < -0.4 is 0 Å². The molecule has 0 bridgehead atoms. The van der Waals surface area contributed by atoms with Gasteiger partial charge in [0.1, 0.15) is 5.69 Å². The molecule has 68 valence electrons. The van der Waals surface area contributed by atoms with E-state index < -0.39 is 0 Å². The molecule has 1 aliphatic carbocycles. The maximum absolute atomic E-state index is 11.4. The highest BCUT2D eigenvalue weighted by atomic mass is 16.1. The van der Waals surface area contributed by atoms with E-state index in [1.807, 2.05) is 24.3 Å². The topological polar surface area (TPSA) is 42.9 Å². The minimum absolute atomic E-state index is 0.123. The highest BCUT2D eigenvalue weighted by Gasteiger charge is 2.22. The molecule has 1 aromatic carbocycles. The molecule has 0 saturated carbocycles. The third-order valence-electron chi connectivity index (χ3n) is 2.50. The summed E-state index contributed by atoms with van der Waals surface area (Å²) in [7, 11) is 0. The number of carbonyl (C=O) groups is 1. The van der Waals surface area contributed by atoms with Crippen molar-refractivity contribution in [1.82, 2.24) is 9.97 Å². The van der Waals surface area contributed by atoms with Gasteiger partial charge in [0.05, 0.1) is 16.7 Å². The van der Waals surface area contributed by atoms with E-state index in [0.29, 0.717) is 12.1 Å². The fourth-order valence-corrected chi connectivity index (χ4v) is 1.78. The van der Waals surface area contributed by atoms with E-state index in [-0.39, 0.29) is 5.78 Å². The molecular formula is C11H8N2O. The van der Waals surface area contributed by atoms with Crippen LogP contribution in [-0.2, 0) is 6.42 Å². The van der Waals surface area contributed by atoms with Gasteiger partial charge >= 0.3 is 0 Å². The second-order valence-corrected chi connectivity index (χ2v) is 3.43. The summed E-state index contributed by atoms with van der Waals surface area (Å²) in [6.07, 6.45) is 1.30. The third-order valence-corrected chi connectivity index (χ3v) is 2.50. The van der Waals surface area contributed by atoms with Gasteiger partial charge in [-0.1, -0.05) is 12.1 Å². The zero-order valence-electron chi connectivity index (χ0n) is 7.53. The Bertz CT molecular complexity index is 534. The standard InChI is InChI=1S/C11H8N2O/c14-10-6-5-9-11(10)13-8-4-2-1-3-7(8)12-9/h1-4H,5-6H2. The molecule has 1 aromatic heterocycles. The number of aryl methyl sites for hydroxylation is 1. The quantitative estimate of drug-likeness (QED) is 0.626. The number of carbonyl (C=O) groups excluding carboxylic acids is 1. The van der Waals surface area contributed by atoms with Crippen LogP contribution in [0.2, 0.25) is 0 Å². The SMILES string of the molecule is O=C1CCc2nc3ccccc3nc21. The first-order valence-corrected chi connectivity index (χ1v) is 4.63. The molecule has 3 rings (SSSR count). The molecule has 0 amide bonds. The van der Waals surface area contributed by atoms with E-state index in [2.05, 4.69) is 9.97 Å². The third kappa shape index (κ3) is 0.954. The summed E-state index contributed by atoms with van der Waals surface area (Å²) in [5.41, 5.74) is 3.11. The number of rotatable bonds is 0. The first kappa shape index (κ1) is 7.62. The Balaban J connectivity index is 2.38. The predicted molar refractivity (Wildman–Crippen MR) is 52.2 cm³/mol. The highest BCUT2D eigenvalue weighted by molar-refractivity contribution is 5.99. The van der Waals surface area contributed by atoms with Gasteiger partial charge in [0.25, 0.3) is 0 Å². The molecule has 0 atom stereocenters. The van der Waals surface area contributed by atoms with Crippen molar-refractivity contribution in [2.24, 2.45) is 0 Å². The van der Waals surface area contributed by atoms with Crippen LogP contribution in [0.5, 0.6) is 0 Å². The Hall–Kier alpha value is -1.77. The summed E-state index contributed by atoms with van der Waals surface area (Å²) >= 11 is 0. The van der Waals surface area contributed by atoms with Crippen LogP contribution in [0.4, 0.5) is 0 Å². The maximum Gasteiger partial charge on any atom is 0.183 e. The van der Waals surface area contributed by atoms with Crippen LogP contribution >= 0.6 is 0 Å². The Kier molecular flexibility index (Phi) is 1.42. The Morgan fingerprint density at radius 1 is 1.00 bits per heavy atom. The molecule has 1 heterocycles. The predicted octanol–water partition coefficient (Wildman–Crippen LogP) is 1.76. The molecule has 3 heteroatoms. The second kappa shape index (κ2) is 2.61. The van der Waals surface area contributed by atoms with E-state index in [1.165, 1.54) is 0 Å². The first-order valence-electron chi connectivity index (χ1n) is 4.63. The average Bonchev–Trinajstić information content (AvgIpc) is 2.57. The van der Waals surface area contributed by atoms with E-state index >= 15 is 0 Å². The average molecular weight is 184 g/mol. The van der Waals surface area contributed by atoms with Crippen molar-refractivity contribution in [2.45, 2.75) is 12.8 Å². The lowest BCUT2D eigenvalue weighted by molar-refractivity contribution is 0.0990. The Labute approximate surface area is 80.8 Å². The lowest BCUT2D eigenvalue weighted by Crippen LogP contribution is -1.98. The van der Waals surface area contributed by atoms with Crippen LogP contribution in [0, 0.1) is 0 Å². The Morgan fingerprint density at radius 3 is 2.50 bits per heavy atom. The summed E-state index contributed by atoms with van der Waals surface area (Å²) in [6, 6.07) is 7.64. The van der Waals surface area contributed by atoms with E-state index in [0.717, 1.165) is 23.1 Å². The first-order chi connectivity index (χ1) is 6.84. The molecule has 0 spiro atoms. The zero-order valence-corrected chi connectivity index (χ0v) is 7.53. The summed E-state index contributed by atoms with van der Waals surface area (Å²) < 4.78 is 0.